The van der Waals surface area contributed by atoms with Gasteiger partial charge in [0, 0.05) is 6.42 Å². The van der Waals surface area contributed by atoms with Crippen LogP contribution in [0.3, 0.4) is 0 Å². The summed E-state index contributed by atoms with van der Waals surface area (Å²) in [6.07, 6.45) is 3.49. The van der Waals surface area contributed by atoms with Crippen LogP contribution < -0.4 is 0 Å². The third-order valence-corrected chi connectivity index (χ3v) is 3.06. The van der Waals surface area contributed by atoms with Crippen LogP contribution in [0, 0.1) is 0 Å². The summed E-state index contributed by atoms with van der Waals surface area (Å²) >= 11 is 1.77. The number of carbonyl (C=O) groups is 1. The predicted molar refractivity (Wildman–Crippen MR) is 73.6 cm³/mol. The van der Waals surface area contributed by atoms with Gasteiger partial charge in [-0.3, -0.25) is 4.79 Å². The van der Waals surface area contributed by atoms with Gasteiger partial charge in [0.15, 0.2) is 3.79 Å². The molecular weight excluding hydrogens is 315 g/mol. The minimum Gasteiger partial charge on any atom is -0.393 e. The predicted octanol–water partition coefficient (Wildman–Crippen LogP) is 3.11. The highest BCUT2D eigenvalue weighted by molar-refractivity contribution is 14.1. The molecule has 3 heteroatoms. The van der Waals surface area contributed by atoms with Gasteiger partial charge in [-0.1, -0.05) is 30.3 Å². The molecule has 16 heavy (non-hydrogen) atoms. The summed E-state index contributed by atoms with van der Waals surface area (Å²) in [5.74, 6) is 0. The van der Waals surface area contributed by atoms with E-state index in [-0.39, 0.29) is 9.89 Å². The Hall–Kier alpha value is -0.420. The van der Waals surface area contributed by atoms with Crippen LogP contribution in [0.5, 0.6) is 0 Å². The largest absolute Gasteiger partial charge is 0.393 e. The van der Waals surface area contributed by atoms with E-state index >= 15 is 0 Å². The maximum absolute atomic E-state index is 10.7. The summed E-state index contributed by atoms with van der Waals surface area (Å²) in [6.45, 7) is 0. The highest BCUT2D eigenvalue weighted by Gasteiger charge is 2.06. The molecule has 0 aliphatic carbocycles. The van der Waals surface area contributed by atoms with Crippen LogP contribution in [-0.2, 0) is 11.2 Å². The highest BCUT2D eigenvalue weighted by atomic mass is 127. The Morgan fingerprint density at radius 3 is 2.56 bits per heavy atom. The minimum absolute atomic E-state index is 0.125. The number of hydrogen-bond acceptors (Lipinski definition) is 2. The van der Waals surface area contributed by atoms with E-state index in [1.807, 2.05) is 18.2 Å². The van der Waals surface area contributed by atoms with Gasteiger partial charge in [0.2, 0.25) is 0 Å². The van der Waals surface area contributed by atoms with Gasteiger partial charge in [-0.05, 0) is 53.8 Å². The molecule has 1 unspecified atom stereocenters. The van der Waals surface area contributed by atoms with Crippen molar-refractivity contribution in [2.24, 2.45) is 0 Å². The average molecular weight is 332 g/mol. The molecule has 0 radical (unpaired) electrons. The van der Waals surface area contributed by atoms with Gasteiger partial charge in [0.25, 0.3) is 0 Å². The molecule has 0 aromatic heterocycles. The number of hydrogen-bond donors (Lipinski definition) is 1. The summed E-state index contributed by atoms with van der Waals surface area (Å²) in [7, 11) is 0. The van der Waals surface area contributed by atoms with Crippen LogP contribution >= 0.6 is 22.6 Å². The van der Waals surface area contributed by atoms with Gasteiger partial charge in [-0.2, -0.15) is 0 Å². The molecule has 0 spiro atoms. The second kappa shape index (κ2) is 7.79. The first-order chi connectivity index (χ1) is 7.68. The summed E-state index contributed by atoms with van der Waals surface area (Å²) in [5.41, 5.74) is 1.31. The Labute approximate surface area is 110 Å². The van der Waals surface area contributed by atoms with Crippen LogP contribution in [0.15, 0.2) is 30.3 Å². The fourth-order valence-electron chi connectivity index (χ4n) is 1.61. The van der Waals surface area contributed by atoms with Gasteiger partial charge in [0.1, 0.15) is 0 Å². The molecule has 0 saturated heterocycles. The summed E-state index contributed by atoms with van der Waals surface area (Å²) in [6, 6.07) is 10.3. The van der Waals surface area contributed by atoms with Crippen molar-refractivity contribution in [3.05, 3.63) is 35.9 Å². The molecular formula is C13H17IO2. The lowest BCUT2D eigenvalue weighted by atomic mass is 10.0. The molecule has 1 N–H and O–H groups in total. The first-order valence-electron chi connectivity index (χ1n) is 5.59. The van der Waals surface area contributed by atoms with Gasteiger partial charge >= 0.3 is 0 Å². The van der Waals surface area contributed by atoms with Crippen molar-refractivity contribution in [1.82, 2.24) is 0 Å². The lowest BCUT2D eigenvalue weighted by Crippen LogP contribution is -2.08. The van der Waals surface area contributed by atoms with E-state index in [4.69, 9.17) is 0 Å². The summed E-state index contributed by atoms with van der Waals surface area (Å²) in [4.78, 5) is 10.7. The Morgan fingerprint density at radius 1 is 1.25 bits per heavy atom. The van der Waals surface area contributed by atoms with Crippen LogP contribution in [0.4, 0.5) is 0 Å². The second-order valence-electron chi connectivity index (χ2n) is 3.93. The maximum atomic E-state index is 10.7. The molecule has 1 aromatic rings. The molecule has 0 heterocycles. The maximum Gasteiger partial charge on any atom is 0.192 e. The quantitative estimate of drug-likeness (QED) is 0.615. The monoisotopic (exact) mass is 332 g/mol. The molecule has 0 aliphatic rings. The van der Waals surface area contributed by atoms with Crippen molar-refractivity contribution < 1.29 is 9.90 Å². The normalized spacial score (nSPS) is 12.4. The first-order valence-corrected chi connectivity index (χ1v) is 6.66. The SMILES string of the molecule is O=C(I)CCC(O)CCCc1ccccc1. The molecule has 88 valence electrons. The number of aliphatic hydroxyl groups is 1. The zero-order chi connectivity index (χ0) is 11.8. The van der Waals surface area contributed by atoms with E-state index in [1.54, 1.807) is 22.6 Å². The molecule has 0 saturated carbocycles. The van der Waals surface area contributed by atoms with E-state index in [9.17, 15) is 9.90 Å². The van der Waals surface area contributed by atoms with E-state index in [0.29, 0.717) is 12.8 Å². The lowest BCUT2D eigenvalue weighted by molar-refractivity contribution is -0.109. The van der Waals surface area contributed by atoms with Crippen LogP contribution in [-0.4, -0.2) is 15.0 Å². The fourth-order valence-corrected chi connectivity index (χ4v) is 1.92. The van der Waals surface area contributed by atoms with Crippen molar-refractivity contribution >= 4 is 26.4 Å². The van der Waals surface area contributed by atoms with Crippen LogP contribution in [0.2, 0.25) is 0 Å². The molecule has 1 atom stereocenters. The van der Waals surface area contributed by atoms with Gasteiger partial charge in [-0.15, -0.1) is 0 Å². The van der Waals surface area contributed by atoms with E-state index in [0.717, 1.165) is 19.3 Å². The van der Waals surface area contributed by atoms with Gasteiger partial charge in [-0.25, -0.2) is 0 Å². The lowest BCUT2D eigenvalue weighted by Gasteiger charge is -2.08. The third-order valence-electron chi connectivity index (χ3n) is 2.52. The Bertz CT molecular complexity index is 311. The number of rotatable bonds is 7. The van der Waals surface area contributed by atoms with Crippen molar-refractivity contribution in [2.75, 3.05) is 0 Å². The molecule has 2 nitrogen and oxygen atoms in total. The van der Waals surface area contributed by atoms with E-state index in [2.05, 4.69) is 12.1 Å². The zero-order valence-corrected chi connectivity index (χ0v) is 11.4. The fraction of sp³-hybridized carbons (Fsp3) is 0.462. The van der Waals surface area contributed by atoms with Crippen molar-refractivity contribution in [3.63, 3.8) is 0 Å². The Kier molecular flexibility index (Phi) is 6.64. The van der Waals surface area contributed by atoms with Gasteiger partial charge in [0.05, 0.1) is 6.10 Å². The van der Waals surface area contributed by atoms with Crippen LogP contribution in [0.25, 0.3) is 0 Å². The standard InChI is InChI=1S/C13H17IO2/c14-13(16)10-9-12(15)8-4-7-11-5-2-1-3-6-11/h1-3,5-6,12,15H,4,7-10H2. The van der Waals surface area contributed by atoms with Gasteiger partial charge < -0.3 is 5.11 Å². The minimum atomic E-state index is -0.331. The molecule has 1 aromatic carbocycles. The Balaban J connectivity index is 2.13. The molecule has 0 bridgehead atoms. The number of aliphatic hydroxyl groups excluding tert-OH is 1. The number of carbonyl (C=O) groups excluding carboxylic acids is 1. The number of aryl methyl sites for hydroxylation is 1. The summed E-state index contributed by atoms with van der Waals surface area (Å²) in [5, 5.41) is 9.62. The first kappa shape index (κ1) is 13.6. The topological polar surface area (TPSA) is 37.3 Å². The number of halogens is 1. The molecule has 0 aliphatic heterocycles. The summed E-state index contributed by atoms with van der Waals surface area (Å²) < 4.78 is 0.125. The van der Waals surface area contributed by atoms with E-state index < -0.39 is 0 Å². The molecule has 1 rings (SSSR count). The Morgan fingerprint density at radius 2 is 1.94 bits per heavy atom. The van der Waals surface area contributed by atoms with Crippen molar-refractivity contribution in [2.45, 2.75) is 38.2 Å². The van der Waals surface area contributed by atoms with Crippen molar-refractivity contribution in [1.29, 1.82) is 0 Å². The van der Waals surface area contributed by atoms with Crippen molar-refractivity contribution in [3.8, 4) is 0 Å². The van der Waals surface area contributed by atoms with E-state index in [1.165, 1.54) is 5.56 Å². The average Bonchev–Trinajstić information content (AvgIpc) is 2.28. The molecule has 0 amide bonds. The molecule has 0 fully saturated rings. The van der Waals surface area contributed by atoms with Crippen LogP contribution in [0.1, 0.15) is 31.2 Å². The highest BCUT2D eigenvalue weighted by Crippen LogP contribution is 2.10. The third kappa shape index (κ3) is 6.23. The zero-order valence-electron chi connectivity index (χ0n) is 9.23. The smallest absolute Gasteiger partial charge is 0.192 e. The number of benzene rings is 1. The second-order valence-corrected chi connectivity index (χ2v) is 5.13.